The minimum atomic E-state index is -0.262. The standard InChI is InChI=1S/C19H22N4O4/c1-11-3-4-26-16-8-15-17(18(20)21-16)22-19(24)23(15)9-12-5-13(25-2)7-14(6-12)27-10-11/h5-8,11H,3-4,9-10H2,1-2H3,(H2,20,21)(H,22,24). The minimum absolute atomic E-state index is 0.244. The number of hydrogen-bond donors (Lipinski definition) is 2. The molecule has 1 aliphatic heterocycles. The predicted octanol–water partition coefficient (Wildman–Crippen LogP) is 2.16. The molecule has 3 N–H and O–H groups in total. The molecule has 8 heteroatoms. The Morgan fingerprint density at radius 1 is 1.30 bits per heavy atom. The van der Waals surface area contributed by atoms with Crippen LogP contribution in [0.4, 0.5) is 5.82 Å². The van der Waals surface area contributed by atoms with E-state index in [4.69, 9.17) is 19.9 Å². The fourth-order valence-electron chi connectivity index (χ4n) is 3.18. The van der Waals surface area contributed by atoms with E-state index in [0.717, 1.165) is 12.0 Å². The zero-order valence-corrected chi connectivity index (χ0v) is 15.3. The summed E-state index contributed by atoms with van der Waals surface area (Å²) in [6.07, 6.45) is 0.802. The molecule has 27 heavy (non-hydrogen) atoms. The van der Waals surface area contributed by atoms with E-state index in [1.54, 1.807) is 17.7 Å². The molecule has 0 saturated carbocycles. The molecule has 4 rings (SSSR count). The van der Waals surface area contributed by atoms with Gasteiger partial charge in [0, 0.05) is 12.1 Å². The normalized spacial score (nSPS) is 17.2. The number of nitrogen functional groups attached to an aromatic ring is 1. The second kappa shape index (κ2) is 6.86. The molecular weight excluding hydrogens is 348 g/mol. The van der Waals surface area contributed by atoms with Gasteiger partial charge in [-0.05, 0) is 30.0 Å². The van der Waals surface area contributed by atoms with Crippen LogP contribution in [0.1, 0.15) is 18.9 Å². The number of fused-ring (bicyclic) bond motifs is 3. The van der Waals surface area contributed by atoms with E-state index in [0.29, 0.717) is 54.1 Å². The average Bonchev–Trinajstić information content (AvgIpc) is 2.96. The first-order valence-corrected chi connectivity index (χ1v) is 8.86. The van der Waals surface area contributed by atoms with Gasteiger partial charge in [-0.15, -0.1) is 0 Å². The number of rotatable bonds is 1. The molecule has 0 amide bonds. The lowest BCUT2D eigenvalue weighted by molar-refractivity contribution is 0.214. The monoisotopic (exact) mass is 370 g/mol. The molecule has 3 aromatic rings. The summed E-state index contributed by atoms with van der Waals surface area (Å²) in [4.78, 5) is 19.5. The van der Waals surface area contributed by atoms with Gasteiger partial charge in [0.05, 0.1) is 32.4 Å². The third-order valence-corrected chi connectivity index (χ3v) is 4.68. The average molecular weight is 370 g/mol. The molecule has 1 atom stereocenters. The van der Waals surface area contributed by atoms with Gasteiger partial charge in [-0.2, -0.15) is 4.98 Å². The lowest BCUT2D eigenvalue weighted by Gasteiger charge is -2.16. The number of methoxy groups -OCH3 is 1. The second-order valence-corrected chi connectivity index (χ2v) is 6.83. The van der Waals surface area contributed by atoms with E-state index < -0.39 is 0 Å². The number of nitrogens with zero attached hydrogens (tertiary/aromatic N) is 2. The van der Waals surface area contributed by atoms with E-state index in [1.165, 1.54) is 0 Å². The maximum absolute atomic E-state index is 12.5. The van der Waals surface area contributed by atoms with Gasteiger partial charge >= 0.3 is 5.69 Å². The van der Waals surface area contributed by atoms with Crippen LogP contribution < -0.4 is 25.6 Å². The van der Waals surface area contributed by atoms with Crippen LogP contribution in [0.2, 0.25) is 0 Å². The Morgan fingerprint density at radius 2 is 2.15 bits per heavy atom. The van der Waals surface area contributed by atoms with Crippen LogP contribution in [0, 0.1) is 5.92 Å². The molecule has 0 saturated heterocycles. The minimum Gasteiger partial charge on any atom is -0.497 e. The van der Waals surface area contributed by atoms with Crippen molar-refractivity contribution in [3.05, 3.63) is 40.3 Å². The first kappa shape index (κ1) is 17.3. The fourth-order valence-corrected chi connectivity index (χ4v) is 3.18. The quantitative estimate of drug-likeness (QED) is 0.680. The molecule has 0 aliphatic carbocycles. The van der Waals surface area contributed by atoms with Crippen LogP contribution in [0.5, 0.6) is 17.4 Å². The van der Waals surface area contributed by atoms with Crippen molar-refractivity contribution < 1.29 is 14.2 Å². The third kappa shape index (κ3) is 3.42. The topological polar surface area (TPSA) is 104 Å². The Kier molecular flexibility index (Phi) is 4.39. The van der Waals surface area contributed by atoms with Crippen LogP contribution in [0.15, 0.2) is 29.1 Å². The molecule has 0 fully saturated rings. The molecule has 1 aliphatic rings. The number of nitrogens with two attached hydrogens (primary N) is 1. The Hall–Kier alpha value is -3.16. The Bertz CT molecular complexity index is 1040. The van der Waals surface area contributed by atoms with Gasteiger partial charge in [0.25, 0.3) is 0 Å². The van der Waals surface area contributed by atoms with Gasteiger partial charge in [0.1, 0.15) is 17.0 Å². The smallest absolute Gasteiger partial charge is 0.326 e. The summed E-state index contributed by atoms with van der Waals surface area (Å²) in [6.45, 7) is 3.48. The molecule has 0 radical (unpaired) electrons. The maximum atomic E-state index is 12.5. The van der Waals surface area contributed by atoms with Crippen molar-refractivity contribution in [2.24, 2.45) is 5.92 Å². The van der Waals surface area contributed by atoms with Gasteiger partial charge in [0.15, 0.2) is 5.82 Å². The first-order chi connectivity index (χ1) is 13.0. The number of anilines is 1. The van der Waals surface area contributed by atoms with Crippen molar-refractivity contribution in [2.75, 3.05) is 26.1 Å². The molecule has 2 aromatic heterocycles. The van der Waals surface area contributed by atoms with Gasteiger partial charge in [-0.25, -0.2) is 4.79 Å². The number of pyridine rings is 1. The Morgan fingerprint density at radius 3 is 2.96 bits per heavy atom. The number of hydrogen-bond acceptors (Lipinski definition) is 6. The summed E-state index contributed by atoms with van der Waals surface area (Å²) in [5, 5.41) is 0. The highest BCUT2D eigenvalue weighted by Crippen LogP contribution is 2.27. The second-order valence-electron chi connectivity index (χ2n) is 6.83. The van der Waals surface area contributed by atoms with Crippen molar-refractivity contribution in [1.82, 2.24) is 14.5 Å². The lowest BCUT2D eigenvalue weighted by Crippen LogP contribution is -2.18. The summed E-state index contributed by atoms with van der Waals surface area (Å²) in [5.74, 6) is 2.34. The zero-order chi connectivity index (χ0) is 19.0. The molecule has 4 bridgehead atoms. The van der Waals surface area contributed by atoms with Crippen LogP contribution in [-0.4, -0.2) is 34.9 Å². The van der Waals surface area contributed by atoms with Crippen LogP contribution in [0.3, 0.4) is 0 Å². The lowest BCUT2D eigenvalue weighted by atomic mass is 10.1. The number of aromatic nitrogens is 3. The van der Waals surface area contributed by atoms with Crippen molar-refractivity contribution in [2.45, 2.75) is 19.9 Å². The molecule has 0 spiro atoms. The number of H-pyrrole nitrogens is 1. The number of ether oxygens (including phenoxy) is 3. The maximum Gasteiger partial charge on any atom is 0.326 e. The largest absolute Gasteiger partial charge is 0.497 e. The van der Waals surface area contributed by atoms with E-state index in [9.17, 15) is 4.79 Å². The number of imidazole rings is 1. The molecule has 8 nitrogen and oxygen atoms in total. The van der Waals surface area contributed by atoms with Crippen LogP contribution in [-0.2, 0) is 6.54 Å². The summed E-state index contributed by atoms with van der Waals surface area (Å²) < 4.78 is 18.7. The van der Waals surface area contributed by atoms with Crippen molar-refractivity contribution >= 4 is 16.9 Å². The van der Waals surface area contributed by atoms with Crippen LogP contribution >= 0.6 is 0 Å². The summed E-state index contributed by atoms with van der Waals surface area (Å²) in [7, 11) is 1.61. The summed E-state index contributed by atoms with van der Waals surface area (Å²) in [6, 6.07) is 7.40. The van der Waals surface area contributed by atoms with Crippen LogP contribution in [0.25, 0.3) is 11.0 Å². The SMILES string of the molecule is COc1cc2cc(c1)OCC(C)CCOc1cc3c([nH]c(=O)n3C2)c(N)n1. The van der Waals surface area contributed by atoms with E-state index in [-0.39, 0.29) is 11.5 Å². The molecule has 1 unspecified atom stereocenters. The van der Waals surface area contributed by atoms with E-state index in [2.05, 4.69) is 16.9 Å². The van der Waals surface area contributed by atoms with Crippen molar-refractivity contribution in [3.8, 4) is 17.4 Å². The van der Waals surface area contributed by atoms with Crippen molar-refractivity contribution in [1.29, 1.82) is 0 Å². The zero-order valence-electron chi connectivity index (χ0n) is 15.3. The number of nitrogens with one attached hydrogen (secondary N) is 1. The summed E-state index contributed by atoms with van der Waals surface area (Å²) in [5.41, 5.74) is 7.81. The van der Waals surface area contributed by atoms with E-state index >= 15 is 0 Å². The predicted molar refractivity (Wildman–Crippen MR) is 102 cm³/mol. The van der Waals surface area contributed by atoms with E-state index in [1.807, 2.05) is 18.2 Å². The number of benzene rings is 1. The molecule has 142 valence electrons. The molecule has 1 aromatic carbocycles. The Balaban J connectivity index is 1.87. The number of aromatic amines is 1. The van der Waals surface area contributed by atoms with Crippen molar-refractivity contribution in [3.63, 3.8) is 0 Å². The molecular formula is C19H22N4O4. The van der Waals surface area contributed by atoms with Gasteiger partial charge in [0.2, 0.25) is 5.88 Å². The highest BCUT2D eigenvalue weighted by Gasteiger charge is 2.15. The third-order valence-electron chi connectivity index (χ3n) is 4.68. The van der Waals surface area contributed by atoms with Gasteiger partial charge in [-0.3, -0.25) is 4.57 Å². The highest BCUT2D eigenvalue weighted by atomic mass is 16.5. The van der Waals surface area contributed by atoms with Gasteiger partial charge < -0.3 is 24.9 Å². The fraction of sp³-hybridized carbons (Fsp3) is 0.368. The first-order valence-electron chi connectivity index (χ1n) is 8.86. The Labute approximate surface area is 155 Å². The highest BCUT2D eigenvalue weighted by molar-refractivity contribution is 5.85. The summed E-state index contributed by atoms with van der Waals surface area (Å²) >= 11 is 0. The molecule has 3 heterocycles. The van der Waals surface area contributed by atoms with Gasteiger partial charge in [-0.1, -0.05) is 6.92 Å².